The fourth-order valence-electron chi connectivity index (χ4n) is 2.84. The average Bonchev–Trinajstić information content (AvgIpc) is 2.50. The average molecular weight is 278 g/mol. The van der Waals surface area contributed by atoms with E-state index in [1.807, 2.05) is 18.2 Å². The Hall–Kier alpha value is -2.09. The summed E-state index contributed by atoms with van der Waals surface area (Å²) < 4.78 is 0. The van der Waals surface area contributed by atoms with Gasteiger partial charge in [-0.25, -0.2) is 4.98 Å². The van der Waals surface area contributed by atoms with E-state index in [0.717, 1.165) is 28.5 Å². The third-order valence-corrected chi connectivity index (χ3v) is 4.07. The minimum Gasteiger partial charge on any atom is -0.398 e. The van der Waals surface area contributed by atoms with Crippen LogP contribution in [0.4, 0.5) is 5.69 Å². The lowest BCUT2D eigenvalue weighted by molar-refractivity contribution is 0.667. The van der Waals surface area contributed by atoms with Gasteiger partial charge in [0.15, 0.2) is 0 Å². The highest BCUT2D eigenvalue weighted by atomic mass is 14.7. The predicted molar refractivity (Wildman–Crippen MR) is 91.5 cm³/mol. The van der Waals surface area contributed by atoms with Crippen LogP contribution in [0.5, 0.6) is 0 Å². The molecule has 2 aromatic carbocycles. The Bertz CT molecular complexity index is 762. The molecule has 0 aliphatic heterocycles. The summed E-state index contributed by atoms with van der Waals surface area (Å²) in [6, 6.07) is 14.7. The smallest absolute Gasteiger partial charge is 0.0730 e. The Labute approximate surface area is 126 Å². The number of nitrogens with zero attached hydrogens (tertiary/aromatic N) is 1. The fourth-order valence-corrected chi connectivity index (χ4v) is 2.84. The minimum absolute atomic E-state index is 0.801. The lowest BCUT2D eigenvalue weighted by atomic mass is 10.0. The number of nitrogens with two attached hydrogens (primary N) is 1. The molecule has 108 valence electrons. The number of aromatic nitrogens is 1. The van der Waals surface area contributed by atoms with Crippen molar-refractivity contribution in [2.24, 2.45) is 0 Å². The maximum Gasteiger partial charge on any atom is 0.0730 e. The SMILES string of the molecule is CCCCCCc1ccc2nc3cccc(N)c3cc2c1. The Balaban J connectivity index is 1.93. The van der Waals surface area contributed by atoms with Gasteiger partial charge in [-0.05, 0) is 48.7 Å². The number of hydrogen-bond donors (Lipinski definition) is 1. The molecule has 0 fully saturated rings. The summed E-state index contributed by atoms with van der Waals surface area (Å²) in [5, 5.41) is 2.24. The monoisotopic (exact) mass is 278 g/mol. The third-order valence-electron chi connectivity index (χ3n) is 4.07. The maximum absolute atomic E-state index is 6.06. The first-order valence-corrected chi connectivity index (χ1v) is 7.86. The van der Waals surface area contributed by atoms with Crippen LogP contribution in [0.2, 0.25) is 0 Å². The van der Waals surface area contributed by atoms with Crippen LogP contribution in [0.3, 0.4) is 0 Å². The highest BCUT2D eigenvalue weighted by molar-refractivity contribution is 5.98. The van der Waals surface area contributed by atoms with Crippen molar-refractivity contribution in [3.8, 4) is 0 Å². The Morgan fingerprint density at radius 2 is 1.86 bits per heavy atom. The number of fused-ring (bicyclic) bond motifs is 2. The van der Waals surface area contributed by atoms with Gasteiger partial charge in [0.1, 0.15) is 0 Å². The molecule has 0 saturated heterocycles. The number of pyridine rings is 1. The van der Waals surface area contributed by atoms with Crippen molar-refractivity contribution in [1.82, 2.24) is 4.98 Å². The van der Waals surface area contributed by atoms with E-state index in [4.69, 9.17) is 10.7 Å². The fraction of sp³-hybridized carbons (Fsp3) is 0.316. The van der Waals surface area contributed by atoms with Gasteiger partial charge in [0.2, 0.25) is 0 Å². The van der Waals surface area contributed by atoms with E-state index in [0.29, 0.717) is 0 Å². The highest BCUT2D eigenvalue weighted by Crippen LogP contribution is 2.25. The van der Waals surface area contributed by atoms with Crippen LogP contribution in [0, 0.1) is 0 Å². The van der Waals surface area contributed by atoms with Crippen molar-refractivity contribution < 1.29 is 0 Å². The van der Waals surface area contributed by atoms with Crippen molar-refractivity contribution in [3.63, 3.8) is 0 Å². The topological polar surface area (TPSA) is 38.9 Å². The first-order chi connectivity index (χ1) is 10.3. The molecule has 0 spiro atoms. The second kappa shape index (κ2) is 6.13. The molecule has 0 atom stereocenters. The second-order valence-electron chi connectivity index (χ2n) is 5.74. The molecule has 2 heteroatoms. The zero-order chi connectivity index (χ0) is 14.7. The van der Waals surface area contributed by atoms with E-state index in [1.54, 1.807) is 0 Å². The summed E-state index contributed by atoms with van der Waals surface area (Å²) in [6.07, 6.45) is 6.35. The number of rotatable bonds is 5. The first-order valence-electron chi connectivity index (χ1n) is 7.86. The molecule has 2 nitrogen and oxygen atoms in total. The molecule has 0 amide bonds. The first kappa shape index (κ1) is 13.9. The van der Waals surface area contributed by atoms with Crippen LogP contribution in [0.1, 0.15) is 38.2 Å². The van der Waals surface area contributed by atoms with Gasteiger partial charge < -0.3 is 5.73 Å². The van der Waals surface area contributed by atoms with Gasteiger partial charge in [0.05, 0.1) is 11.0 Å². The van der Waals surface area contributed by atoms with Crippen LogP contribution >= 0.6 is 0 Å². The molecule has 0 aliphatic carbocycles. The quantitative estimate of drug-likeness (QED) is 0.401. The Morgan fingerprint density at radius 1 is 0.952 bits per heavy atom. The molecule has 0 bridgehead atoms. The lowest BCUT2D eigenvalue weighted by Gasteiger charge is -2.06. The molecule has 1 heterocycles. The Kier molecular flexibility index (Phi) is 4.05. The van der Waals surface area contributed by atoms with Gasteiger partial charge in [-0.1, -0.05) is 38.3 Å². The molecule has 0 aliphatic rings. The summed E-state index contributed by atoms with van der Waals surface area (Å²) in [4.78, 5) is 4.71. The molecular formula is C19H22N2. The molecule has 0 saturated carbocycles. The van der Waals surface area contributed by atoms with E-state index in [-0.39, 0.29) is 0 Å². The summed E-state index contributed by atoms with van der Waals surface area (Å²) >= 11 is 0. The Morgan fingerprint density at radius 3 is 2.71 bits per heavy atom. The summed E-state index contributed by atoms with van der Waals surface area (Å²) in [6.45, 7) is 2.25. The number of hydrogen-bond acceptors (Lipinski definition) is 2. The van der Waals surface area contributed by atoms with Crippen LogP contribution in [0.15, 0.2) is 42.5 Å². The molecule has 3 aromatic rings. The summed E-state index contributed by atoms with van der Waals surface area (Å²) in [5.74, 6) is 0. The van der Waals surface area contributed by atoms with E-state index < -0.39 is 0 Å². The molecule has 2 N–H and O–H groups in total. The molecule has 0 unspecified atom stereocenters. The minimum atomic E-state index is 0.801. The normalized spacial score (nSPS) is 11.3. The number of benzene rings is 2. The van der Waals surface area contributed by atoms with Gasteiger partial charge in [-0.15, -0.1) is 0 Å². The van der Waals surface area contributed by atoms with Crippen molar-refractivity contribution in [2.75, 3.05) is 5.73 Å². The van der Waals surface area contributed by atoms with Crippen LogP contribution in [0.25, 0.3) is 21.8 Å². The zero-order valence-electron chi connectivity index (χ0n) is 12.6. The molecular weight excluding hydrogens is 256 g/mol. The van der Waals surface area contributed by atoms with E-state index in [1.165, 1.54) is 36.6 Å². The van der Waals surface area contributed by atoms with Crippen molar-refractivity contribution >= 4 is 27.5 Å². The van der Waals surface area contributed by atoms with Crippen molar-refractivity contribution in [2.45, 2.75) is 39.0 Å². The van der Waals surface area contributed by atoms with Gasteiger partial charge >= 0.3 is 0 Å². The largest absolute Gasteiger partial charge is 0.398 e. The van der Waals surface area contributed by atoms with Gasteiger partial charge in [-0.2, -0.15) is 0 Å². The van der Waals surface area contributed by atoms with Gasteiger partial charge in [0.25, 0.3) is 0 Å². The van der Waals surface area contributed by atoms with Crippen molar-refractivity contribution in [3.05, 3.63) is 48.0 Å². The highest BCUT2D eigenvalue weighted by Gasteiger charge is 2.03. The lowest BCUT2D eigenvalue weighted by Crippen LogP contribution is -1.91. The van der Waals surface area contributed by atoms with Crippen LogP contribution in [-0.2, 0) is 6.42 Å². The number of unbranched alkanes of at least 4 members (excludes halogenated alkanes) is 3. The second-order valence-corrected chi connectivity index (χ2v) is 5.74. The van der Waals surface area contributed by atoms with Gasteiger partial charge in [-0.3, -0.25) is 0 Å². The van der Waals surface area contributed by atoms with Gasteiger partial charge in [0, 0.05) is 16.5 Å². The van der Waals surface area contributed by atoms with E-state index in [9.17, 15) is 0 Å². The molecule has 1 aromatic heterocycles. The summed E-state index contributed by atoms with van der Waals surface area (Å²) in [5.41, 5.74) is 10.3. The summed E-state index contributed by atoms with van der Waals surface area (Å²) in [7, 11) is 0. The molecule has 0 radical (unpaired) electrons. The van der Waals surface area contributed by atoms with E-state index in [2.05, 4.69) is 31.2 Å². The third kappa shape index (κ3) is 2.99. The zero-order valence-corrected chi connectivity index (χ0v) is 12.6. The molecule has 21 heavy (non-hydrogen) atoms. The number of nitrogen functional groups attached to an aromatic ring is 1. The predicted octanol–water partition coefficient (Wildman–Crippen LogP) is 5.09. The van der Waals surface area contributed by atoms with Crippen LogP contribution in [-0.4, -0.2) is 4.98 Å². The number of anilines is 1. The number of aryl methyl sites for hydroxylation is 1. The van der Waals surface area contributed by atoms with Crippen LogP contribution < -0.4 is 5.73 Å². The maximum atomic E-state index is 6.06. The van der Waals surface area contributed by atoms with E-state index >= 15 is 0 Å². The standard InChI is InChI=1S/C19H22N2/c1-2-3-4-5-7-14-10-11-18-15(12-14)13-16-17(20)8-6-9-19(16)21-18/h6,8-13H,2-5,7,20H2,1H3. The molecule has 3 rings (SSSR count). The van der Waals surface area contributed by atoms with Crippen molar-refractivity contribution in [1.29, 1.82) is 0 Å².